The third-order valence-electron chi connectivity index (χ3n) is 3.38. The van der Waals surface area contributed by atoms with Crippen LogP contribution in [0.1, 0.15) is 29.7 Å². The van der Waals surface area contributed by atoms with Gasteiger partial charge in [0.25, 0.3) is 0 Å². The van der Waals surface area contributed by atoms with Crippen molar-refractivity contribution in [2.75, 3.05) is 13.7 Å². The normalized spacial score (nSPS) is 12.2. The first kappa shape index (κ1) is 16.6. The first-order valence-electron chi connectivity index (χ1n) is 6.89. The Labute approximate surface area is 145 Å². The van der Waals surface area contributed by atoms with Crippen LogP contribution in [0.15, 0.2) is 36.4 Å². The molecule has 0 bridgehead atoms. The Hall–Kier alpha value is -0.780. The van der Waals surface area contributed by atoms with E-state index in [9.17, 15) is 0 Å². The number of hydrogen-bond acceptors (Lipinski definition) is 2. The standard InChI is InChI=1S/C17H19ClINO/c1-4-20-17(12-6-7-15(19)14(18)10-12)13-9-11(2)5-8-16(13)21-3/h5-10,17,20H,4H2,1-3H3. The summed E-state index contributed by atoms with van der Waals surface area (Å²) in [6, 6.07) is 12.5. The zero-order chi connectivity index (χ0) is 15.4. The molecule has 0 aliphatic rings. The molecule has 4 heteroatoms. The second-order valence-corrected chi connectivity index (χ2v) is 6.48. The van der Waals surface area contributed by atoms with Crippen LogP contribution in [-0.2, 0) is 0 Å². The quantitative estimate of drug-likeness (QED) is 0.697. The van der Waals surface area contributed by atoms with Crippen LogP contribution >= 0.6 is 34.2 Å². The van der Waals surface area contributed by atoms with Gasteiger partial charge in [-0.15, -0.1) is 0 Å². The topological polar surface area (TPSA) is 21.3 Å². The predicted octanol–water partition coefficient (Wildman–Crippen LogP) is 4.96. The third-order valence-corrected chi connectivity index (χ3v) is 4.95. The fourth-order valence-corrected chi connectivity index (χ4v) is 2.91. The van der Waals surface area contributed by atoms with Crippen molar-refractivity contribution in [2.45, 2.75) is 19.9 Å². The van der Waals surface area contributed by atoms with Gasteiger partial charge in [0.2, 0.25) is 0 Å². The summed E-state index contributed by atoms with van der Waals surface area (Å²) in [5.41, 5.74) is 3.49. The molecule has 0 heterocycles. The number of aryl methyl sites for hydroxylation is 1. The van der Waals surface area contributed by atoms with Crippen LogP contribution in [0.3, 0.4) is 0 Å². The molecule has 0 saturated carbocycles. The van der Waals surface area contributed by atoms with Gasteiger partial charge in [0.15, 0.2) is 0 Å². The van der Waals surface area contributed by atoms with Crippen LogP contribution < -0.4 is 10.1 Å². The minimum Gasteiger partial charge on any atom is -0.496 e. The van der Waals surface area contributed by atoms with Crippen molar-refractivity contribution in [1.29, 1.82) is 0 Å². The van der Waals surface area contributed by atoms with Gasteiger partial charge >= 0.3 is 0 Å². The van der Waals surface area contributed by atoms with Crippen LogP contribution in [0, 0.1) is 10.5 Å². The summed E-state index contributed by atoms with van der Waals surface area (Å²) < 4.78 is 6.59. The van der Waals surface area contributed by atoms with Crippen molar-refractivity contribution >= 4 is 34.2 Å². The molecule has 0 saturated heterocycles. The largest absolute Gasteiger partial charge is 0.496 e. The van der Waals surface area contributed by atoms with Crippen molar-refractivity contribution < 1.29 is 4.74 Å². The molecule has 2 aromatic carbocycles. The summed E-state index contributed by atoms with van der Waals surface area (Å²) in [7, 11) is 1.71. The van der Waals surface area contributed by atoms with Gasteiger partial charge < -0.3 is 10.1 Å². The number of hydrogen-bond donors (Lipinski definition) is 1. The highest BCUT2D eigenvalue weighted by Gasteiger charge is 2.18. The van der Waals surface area contributed by atoms with E-state index < -0.39 is 0 Å². The van der Waals surface area contributed by atoms with Gasteiger partial charge in [0.05, 0.1) is 18.2 Å². The molecule has 0 aliphatic heterocycles. The molecule has 2 rings (SSSR count). The van der Waals surface area contributed by atoms with Crippen molar-refractivity contribution in [2.24, 2.45) is 0 Å². The molecule has 0 aliphatic carbocycles. The number of nitrogens with one attached hydrogen (secondary N) is 1. The van der Waals surface area contributed by atoms with E-state index in [1.165, 1.54) is 5.56 Å². The summed E-state index contributed by atoms with van der Waals surface area (Å²) in [5, 5.41) is 4.30. The Morgan fingerprint density at radius 3 is 2.62 bits per heavy atom. The lowest BCUT2D eigenvalue weighted by molar-refractivity contribution is 0.404. The Kier molecular flexibility index (Phi) is 5.90. The fraction of sp³-hybridized carbons (Fsp3) is 0.294. The van der Waals surface area contributed by atoms with Crippen LogP contribution in [0.2, 0.25) is 5.02 Å². The lowest BCUT2D eigenvalue weighted by Crippen LogP contribution is -2.22. The highest BCUT2D eigenvalue weighted by molar-refractivity contribution is 14.1. The number of halogens is 2. The zero-order valence-corrected chi connectivity index (χ0v) is 15.3. The lowest BCUT2D eigenvalue weighted by Gasteiger charge is -2.22. The Morgan fingerprint density at radius 1 is 1.24 bits per heavy atom. The Bertz CT molecular complexity index is 630. The van der Waals surface area contributed by atoms with Gasteiger partial charge in [-0.05, 0) is 59.8 Å². The van der Waals surface area contributed by atoms with E-state index in [0.717, 1.165) is 32.0 Å². The van der Waals surface area contributed by atoms with E-state index in [2.05, 4.69) is 60.0 Å². The van der Waals surface area contributed by atoms with Gasteiger partial charge in [-0.25, -0.2) is 0 Å². The van der Waals surface area contributed by atoms with E-state index >= 15 is 0 Å². The van der Waals surface area contributed by atoms with Crippen molar-refractivity contribution in [3.8, 4) is 5.75 Å². The number of rotatable bonds is 5. The maximum atomic E-state index is 6.28. The summed E-state index contributed by atoms with van der Waals surface area (Å²) in [4.78, 5) is 0. The molecule has 0 fully saturated rings. The van der Waals surface area contributed by atoms with E-state index in [0.29, 0.717) is 0 Å². The molecule has 2 nitrogen and oxygen atoms in total. The molecule has 112 valence electrons. The molecular weight excluding hydrogens is 397 g/mol. The monoisotopic (exact) mass is 415 g/mol. The van der Waals surface area contributed by atoms with Crippen LogP contribution in [0.25, 0.3) is 0 Å². The number of methoxy groups -OCH3 is 1. The van der Waals surface area contributed by atoms with E-state index in [1.807, 2.05) is 18.2 Å². The zero-order valence-electron chi connectivity index (χ0n) is 12.4. The minimum absolute atomic E-state index is 0.0688. The summed E-state index contributed by atoms with van der Waals surface area (Å²) in [6.45, 7) is 5.06. The van der Waals surface area contributed by atoms with E-state index in [-0.39, 0.29) is 6.04 Å². The second-order valence-electron chi connectivity index (χ2n) is 4.91. The average molecular weight is 416 g/mol. The molecular formula is C17H19ClINO. The van der Waals surface area contributed by atoms with Crippen molar-refractivity contribution in [1.82, 2.24) is 5.32 Å². The van der Waals surface area contributed by atoms with Gasteiger partial charge in [-0.2, -0.15) is 0 Å². The maximum absolute atomic E-state index is 6.28. The van der Waals surface area contributed by atoms with Crippen LogP contribution in [0.5, 0.6) is 5.75 Å². The molecule has 0 radical (unpaired) electrons. The molecule has 1 atom stereocenters. The van der Waals surface area contributed by atoms with Gasteiger partial charge in [-0.3, -0.25) is 0 Å². The molecule has 2 aromatic rings. The smallest absolute Gasteiger partial charge is 0.123 e. The predicted molar refractivity (Wildman–Crippen MR) is 97.4 cm³/mol. The van der Waals surface area contributed by atoms with Gasteiger partial charge in [0, 0.05) is 9.13 Å². The Morgan fingerprint density at radius 2 is 2.00 bits per heavy atom. The van der Waals surface area contributed by atoms with Crippen LogP contribution in [0.4, 0.5) is 0 Å². The minimum atomic E-state index is 0.0688. The number of ether oxygens (including phenoxy) is 1. The molecule has 21 heavy (non-hydrogen) atoms. The fourth-order valence-electron chi connectivity index (χ4n) is 2.38. The molecule has 1 N–H and O–H groups in total. The van der Waals surface area contributed by atoms with E-state index in [1.54, 1.807) is 7.11 Å². The molecule has 1 unspecified atom stereocenters. The SMILES string of the molecule is CCNC(c1ccc(I)c(Cl)c1)c1cc(C)ccc1OC. The summed E-state index contributed by atoms with van der Waals surface area (Å²) in [6.07, 6.45) is 0. The first-order valence-corrected chi connectivity index (χ1v) is 8.35. The maximum Gasteiger partial charge on any atom is 0.123 e. The van der Waals surface area contributed by atoms with Gasteiger partial charge in [0.1, 0.15) is 5.75 Å². The van der Waals surface area contributed by atoms with Crippen molar-refractivity contribution in [3.63, 3.8) is 0 Å². The van der Waals surface area contributed by atoms with Crippen LogP contribution in [-0.4, -0.2) is 13.7 Å². The van der Waals surface area contributed by atoms with Crippen molar-refractivity contribution in [3.05, 3.63) is 61.7 Å². The first-order chi connectivity index (χ1) is 10.1. The third kappa shape index (κ3) is 3.90. The molecule has 0 amide bonds. The average Bonchev–Trinajstić information content (AvgIpc) is 2.48. The second kappa shape index (κ2) is 7.47. The van der Waals surface area contributed by atoms with Gasteiger partial charge in [-0.1, -0.05) is 42.3 Å². The summed E-state index contributed by atoms with van der Waals surface area (Å²) in [5.74, 6) is 0.890. The number of benzene rings is 2. The summed E-state index contributed by atoms with van der Waals surface area (Å²) >= 11 is 8.53. The Balaban J connectivity index is 2.52. The molecule has 0 spiro atoms. The van der Waals surface area contributed by atoms with E-state index in [4.69, 9.17) is 16.3 Å². The lowest BCUT2D eigenvalue weighted by atomic mass is 9.96. The highest BCUT2D eigenvalue weighted by atomic mass is 127. The molecule has 0 aromatic heterocycles. The highest BCUT2D eigenvalue weighted by Crippen LogP contribution is 2.33.